The Labute approximate surface area is 124 Å². The van der Waals surface area contributed by atoms with E-state index in [1.165, 1.54) is 11.1 Å². The van der Waals surface area contributed by atoms with Crippen molar-refractivity contribution in [3.63, 3.8) is 0 Å². The molecule has 20 heavy (non-hydrogen) atoms. The van der Waals surface area contributed by atoms with Crippen LogP contribution in [0.5, 0.6) is 5.75 Å². The molecule has 0 unspecified atom stereocenters. The third kappa shape index (κ3) is 3.93. The molecular weight excluding hydrogens is 270 g/mol. The number of rotatable bonds is 4. The number of nitrogens with zero attached hydrogens (tertiary/aromatic N) is 1. The molecule has 0 fully saturated rings. The number of aromatic nitrogens is 1. The summed E-state index contributed by atoms with van der Waals surface area (Å²) in [5.41, 5.74) is 2.41. The summed E-state index contributed by atoms with van der Waals surface area (Å²) in [6, 6.07) is 11.9. The van der Waals surface area contributed by atoms with Gasteiger partial charge in [-0.05, 0) is 36.8 Å². The molecule has 104 valence electrons. The Morgan fingerprint density at radius 1 is 1.30 bits per heavy atom. The standard InChI is InChI=1S/C15H17N3OS/c1-11-5-3-6-12(9-11)10-17-15(20)18-14-13(19-2)7-4-8-16-14/h3-9H,10H2,1-2H3,(H2,16,17,18,20). The lowest BCUT2D eigenvalue weighted by Gasteiger charge is -2.12. The van der Waals surface area contributed by atoms with Gasteiger partial charge < -0.3 is 15.4 Å². The van der Waals surface area contributed by atoms with Gasteiger partial charge in [0, 0.05) is 12.7 Å². The highest BCUT2D eigenvalue weighted by Crippen LogP contribution is 2.19. The van der Waals surface area contributed by atoms with Crippen LogP contribution in [-0.4, -0.2) is 17.2 Å². The van der Waals surface area contributed by atoms with Crippen molar-refractivity contribution in [2.45, 2.75) is 13.5 Å². The number of ether oxygens (including phenoxy) is 1. The van der Waals surface area contributed by atoms with Crippen molar-refractivity contribution in [1.82, 2.24) is 10.3 Å². The normalized spacial score (nSPS) is 9.90. The molecule has 0 aliphatic carbocycles. The molecule has 2 aromatic rings. The summed E-state index contributed by atoms with van der Waals surface area (Å²) < 4.78 is 5.21. The second kappa shape index (κ2) is 6.86. The summed E-state index contributed by atoms with van der Waals surface area (Å²) in [7, 11) is 1.60. The van der Waals surface area contributed by atoms with Crippen LogP contribution in [0.4, 0.5) is 5.82 Å². The lowest BCUT2D eigenvalue weighted by Crippen LogP contribution is -2.28. The maximum Gasteiger partial charge on any atom is 0.174 e. The van der Waals surface area contributed by atoms with E-state index in [2.05, 4.69) is 40.7 Å². The maximum absolute atomic E-state index is 5.26. The van der Waals surface area contributed by atoms with E-state index in [1.807, 2.05) is 18.2 Å². The second-order valence-electron chi connectivity index (χ2n) is 4.35. The fourth-order valence-electron chi connectivity index (χ4n) is 1.81. The Bertz CT molecular complexity index is 601. The average molecular weight is 287 g/mol. The number of pyridine rings is 1. The molecule has 0 saturated heterocycles. The first-order valence-electron chi connectivity index (χ1n) is 6.28. The minimum absolute atomic E-state index is 0.517. The van der Waals surface area contributed by atoms with Gasteiger partial charge in [0.15, 0.2) is 16.7 Å². The van der Waals surface area contributed by atoms with Crippen LogP contribution in [0.15, 0.2) is 42.6 Å². The number of anilines is 1. The van der Waals surface area contributed by atoms with Gasteiger partial charge in [0.05, 0.1) is 7.11 Å². The molecule has 0 aliphatic rings. The van der Waals surface area contributed by atoms with Gasteiger partial charge in [0.1, 0.15) is 0 Å². The molecule has 4 nitrogen and oxygen atoms in total. The second-order valence-corrected chi connectivity index (χ2v) is 4.76. The van der Waals surface area contributed by atoms with Gasteiger partial charge >= 0.3 is 0 Å². The number of nitrogens with one attached hydrogen (secondary N) is 2. The lowest BCUT2D eigenvalue weighted by molar-refractivity contribution is 0.415. The Morgan fingerprint density at radius 3 is 2.90 bits per heavy atom. The summed E-state index contributed by atoms with van der Waals surface area (Å²) in [6.45, 7) is 2.74. The van der Waals surface area contributed by atoms with Crippen molar-refractivity contribution in [2.75, 3.05) is 12.4 Å². The number of benzene rings is 1. The smallest absolute Gasteiger partial charge is 0.174 e. The molecule has 5 heteroatoms. The van der Waals surface area contributed by atoms with Gasteiger partial charge in [-0.1, -0.05) is 29.8 Å². The first-order valence-corrected chi connectivity index (χ1v) is 6.69. The van der Waals surface area contributed by atoms with Crippen LogP contribution < -0.4 is 15.4 Å². The van der Waals surface area contributed by atoms with Crippen molar-refractivity contribution < 1.29 is 4.74 Å². The summed E-state index contributed by atoms with van der Waals surface area (Å²) in [6.07, 6.45) is 1.69. The van der Waals surface area contributed by atoms with E-state index in [4.69, 9.17) is 17.0 Å². The number of thiocarbonyl (C=S) groups is 1. The van der Waals surface area contributed by atoms with Crippen LogP contribution >= 0.6 is 12.2 Å². The van der Waals surface area contributed by atoms with Gasteiger partial charge in [-0.25, -0.2) is 4.98 Å². The topological polar surface area (TPSA) is 46.2 Å². The largest absolute Gasteiger partial charge is 0.493 e. The SMILES string of the molecule is COc1cccnc1NC(=S)NCc1cccc(C)c1. The van der Waals surface area contributed by atoms with E-state index in [0.717, 1.165) is 0 Å². The first-order chi connectivity index (χ1) is 9.69. The van der Waals surface area contributed by atoms with Crippen LogP contribution in [0.2, 0.25) is 0 Å². The van der Waals surface area contributed by atoms with E-state index in [9.17, 15) is 0 Å². The van der Waals surface area contributed by atoms with E-state index >= 15 is 0 Å². The number of aryl methyl sites for hydroxylation is 1. The lowest BCUT2D eigenvalue weighted by atomic mass is 10.1. The Kier molecular flexibility index (Phi) is 4.90. The van der Waals surface area contributed by atoms with E-state index in [0.29, 0.717) is 23.2 Å². The quantitative estimate of drug-likeness (QED) is 0.847. The molecule has 0 spiro atoms. The highest BCUT2D eigenvalue weighted by Gasteiger charge is 2.05. The van der Waals surface area contributed by atoms with E-state index in [-0.39, 0.29) is 0 Å². The third-order valence-corrected chi connectivity index (χ3v) is 3.00. The molecule has 1 aromatic heterocycles. The summed E-state index contributed by atoms with van der Waals surface area (Å²) in [5, 5.41) is 6.70. The van der Waals surface area contributed by atoms with Gasteiger partial charge in [-0.2, -0.15) is 0 Å². The number of methoxy groups -OCH3 is 1. The van der Waals surface area contributed by atoms with E-state index in [1.54, 1.807) is 13.3 Å². The zero-order chi connectivity index (χ0) is 14.4. The number of hydrogen-bond acceptors (Lipinski definition) is 3. The molecule has 1 aromatic carbocycles. The van der Waals surface area contributed by atoms with Crippen molar-refractivity contribution in [2.24, 2.45) is 0 Å². The van der Waals surface area contributed by atoms with Crippen molar-refractivity contribution in [3.05, 3.63) is 53.7 Å². The molecule has 0 radical (unpaired) electrons. The van der Waals surface area contributed by atoms with Gasteiger partial charge in [0.25, 0.3) is 0 Å². The van der Waals surface area contributed by atoms with Gasteiger partial charge in [-0.15, -0.1) is 0 Å². The zero-order valence-electron chi connectivity index (χ0n) is 11.5. The zero-order valence-corrected chi connectivity index (χ0v) is 12.3. The van der Waals surface area contributed by atoms with Crippen LogP contribution in [0.1, 0.15) is 11.1 Å². The molecule has 0 atom stereocenters. The maximum atomic E-state index is 5.26. The van der Waals surface area contributed by atoms with Crippen LogP contribution in [0.3, 0.4) is 0 Å². The van der Waals surface area contributed by atoms with Gasteiger partial charge in [0.2, 0.25) is 0 Å². The molecule has 0 saturated carbocycles. The van der Waals surface area contributed by atoms with Crippen LogP contribution in [0.25, 0.3) is 0 Å². The minimum atomic E-state index is 0.517. The molecule has 0 aliphatic heterocycles. The van der Waals surface area contributed by atoms with Crippen molar-refractivity contribution in [3.8, 4) is 5.75 Å². The molecule has 1 heterocycles. The Morgan fingerprint density at radius 2 is 2.15 bits per heavy atom. The first kappa shape index (κ1) is 14.3. The molecule has 0 bridgehead atoms. The summed E-state index contributed by atoms with van der Waals surface area (Å²) in [4.78, 5) is 4.19. The van der Waals surface area contributed by atoms with Gasteiger partial charge in [-0.3, -0.25) is 0 Å². The monoisotopic (exact) mass is 287 g/mol. The third-order valence-electron chi connectivity index (χ3n) is 2.76. The Balaban J connectivity index is 1.93. The molecule has 2 N–H and O–H groups in total. The van der Waals surface area contributed by atoms with Crippen LogP contribution in [-0.2, 0) is 6.54 Å². The molecular formula is C15H17N3OS. The fraction of sp³-hybridized carbons (Fsp3) is 0.200. The van der Waals surface area contributed by atoms with Crippen molar-refractivity contribution in [1.29, 1.82) is 0 Å². The minimum Gasteiger partial charge on any atom is -0.493 e. The Hall–Kier alpha value is -2.14. The van der Waals surface area contributed by atoms with Crippen LogP contribution in [0, 0.1) is 6.92 Å². The highest BCUT2D eigenvalue weighted by molar-refractivity contribution is 7.80. The highest BCUT2D eigenvalue weighted by atomic mass is 32.1. The summed E-state index contributed by atoms with van der Waals surface area (Å²) in [5.74, 6) is 1.27. The molecule has 2 rings (SSSR count). The predicted molar refractivity (Wildman–Crippen MR) is 85.0 cm³/mol. The average Bonchev–Trinajstić information content (AvgIpc) is 2.46. The fourth-order valence-corrected chi connectivity index (χ4v) is 1.97. The van der Waals surface area contributed by atoms with Crippen molar-refractivity contribution >= 4 is 23.1 Å². The predicted octanol–water partition coefficient (Wildman–Crippen LogP) is 2.89. The van der Waals surface area contributed by atoms with E-state index < -0.39 is 0 Å². The number of hydrogen-bond donors (Lipinski definition) is 2. The molecule has 0 amide bonds. The summed E-state index contributed by atoms with van der Waals surface area (Å²) >= 11 is 5.26.